The summed E-state index contributed by atoms with van der Waals surface area (Å²) in [6.45, 7) is 1.88. The van der Waals surface area contributed by atoms with Crippen LogP contribution in [0.4, 0.5) is 18.9 Å². The van der Waals surface area contributed by atoms with Crippen LogP contribution in [0.25, 0.3) is 10.2 Å². The Labute approximate surface area is 150 Å². The van der Waals surface area contributed by atoms with Crippen LogP contribution in [0, 0.1) is 6.92 Å². The fourth-order valence-electron chi connectivity index (χ4n) is 2.66. The van der Waals surface area contributed by atoms with E-state index < -0.39 is 18.0 Å². The summed E-state index contributed by atoms with van der Waals surface area (Å²) < 4.78 is 44.4. The number of pyridine rings is 1. The Balaban J connectivity index is 1.62. The van der Waals surface area contributed by atoms with E-state index in [-0.39, 0.29) is 5.90 Å². The van der Waals surface area contributed by atoms with Crippen molar-refractivity contribution in [3.8, 4) is 0 Å². The van der Waals surface area contributed by atoms with Crippen molar-refractivity contribution in [3.05, 3.63) is 58.1 Å². The van der Waals surface area contributed by atoms with E-state index in [1.165, 1.54) is 17.4 Å². The third-order valence-corrected chi connectivity index (χ3v) is 5.06. The molecule has 0 radical (unpaired) electrons. The molecule has 0 fully saturated rings. The molecule has 4 rings (SSSR count). The van der Waals surface area contributed by atoms with E-state index in [1.807, 2.05) is 19.1 Å². The summed E-state index contributed by atoms with van der Waals surface area (Å²) in [5, 5.41) is 4.90. The molecule has 0 amide bonds. The van der Waals surface area contributed by atoms with Gasteiger partial charge in [-0.25, -0.2) is 4.98 Å². The molecule has 1 atom stereocenters. The Morgan fingerprint density at radius 2 is 2.04 bits per heavy atom. The Morgan fingerprint density at radius 3 is 2.81 bits per heavy atom. The summed E-state index contributed by atoms with van der Waals surface area (Å²) in [5.41, 5.74) is 9.81. The zero-order valence-corrected chi connectivity index (χ0v) is 14.3. The summed E-state index contributed by atoms with van der Waals surface area (Å²) in [6, 6.07) is 8.66. The van der Waals surface area contributed by atoms with Crippen molar-refractivity contribution in [2.45, 2.75) is 19.3 Å². The van der Waals surface area contributed by atoms with Gasteiger partial charge in [0.15, 0.2) is 0 Å². The van der Waals surface area contributed by atoms with Gasteiger partial charge in [-0.2, -0.15) is 13.2 Å². The summed E-state index contributed by atoms with van der Waals surface area (Å²) in [4.78, 5) is 5.78. The molecule has 1 aliphatic heterocycles. The molecule has 0 aliphatic carbocycles. The fraction of sp³-hybridized carbons (Fsp3) is 0.176. The van der Waals surface area contributed by atoms with E-state index >= 15 is 0 Å². The highest BCUT2D eigenvalue weighted by atomic mass is 32.1. The van der Waals surface area contributed by atoms with Gasteiger partial charge in [-0.3, -0.25) is 5.43 Å². The third kappa shape index (κ3) is 2.84. The van der Waals surface area contributed by atoms with Crippen molar-refractivity contribution in [2.24, 2.45) is 5.10 Å². The number of nitrogens with one attached hydrogen (secondary N) is 1. The minimum absolute atomic E-state index is 0.241. The lowest BCUT2D eigenvalue weighted by atomic mass is 10.1. The number of nitrogen functional groups attached to an aromatic ring is 1. The number of hydrazone groups is 1. The lowest BCUT2D eigenvalue weighted by molar-refractivity contribution is -0.137. The Kier molecular flexibility index (Phi) is 3.76. The van der Waals surface area contributed by atoms with Crippen LogP contribution in [-0.2, 0) is 10.9 Å². The van der Waals surface area contributed by atoms with Gasteiger partial charge in [-0.15, -0.1) is 16.4 Å². The van der Waals surface area contributed by atoms with Crippen molar-refractivity contribution in [2.75, 3.05) is 5.73 Å². The fourth-order valence-corrected chi connectivity index (χ4v) is 3.73. The number of aryl methyl sites for hydroxylation is 1. The number of alkyl halides is 3. The van der Waals surface area contributed by atoms with Gasteiger partial charge in [-0.05, 0) is 31.2 Å². The minimum atomic E-state index is -4.42. The molecule has 0 saturated heterocycles. The first kappa shape index (κ1) is 16.6. The van der Waals surface area contributed by atoms with Gasteiger partial charge >= 0.3 is 6.18 Å². The lowest BCUT2D eigenvalue weighted by Gasteiger charge is -2.13. The predicted octanol–water partition coefficient (Wildman–Crippen LogP) is 4.19. The maximum atomic E-state index is 12.9. The predicted molar refractivity (Wildman–Crippen MR) is 93.7 cm³/mol. The molecule has 3 N–H and O–H groups in total. The van der Waals surface area contributed by atoms with Gasteiger partial charge in [0.05, 0.1) is 11.3 Å². The van der Waals surface area contributed by atoms with Crippen LogP contribution in [-0.4, -0.2) is 10.9 Å². The van der Waals surface area contributed by atoms with Crippen LogP contribution in [0.3, 0.4) is 0 Å². The summed E-state index contributed by atoms with van der Waals surface area (Å²) in [6.07, 6.45) is -5.23. The van der Waals surface area contributed by atoms with Crippen LogP contribution in [0.2, 0.25) is 0 Å². The Bertz CT molecular complexity index is 1030. The first-order valence-corrected chi connectivity index (χ1v) is 8.47. The number of aromatic nitrogens is 1. The van der Waals surface area contributed by atoms with Gasteiger partial charge < -0.3 is 10.5 Å². The largest absolute Gasteiger partial charge is 0.446 e. The minimum Gasteiger partial charge on any atom is -0.446 e. The number of halogens is 3. The standard InChI is InChI=1S/C17H13F3N4OS/c1-8-5-6-11-12(21)13(26-16(11)22-8)15-24-23-14(25-15)9-3-2-4-10(7-9)17(18,19)20/h2-7,14,23H,21H2,1H3. The summed E-state index contributed by atoms with van der Waals surface area (Å²) in [7, 11) is 0. The van der Waals surface area contributed by atoms with E-state index in [1.54, 1.807) is 6.07 Å². The van der Waals surface area contributed by atoms with Crippen LogP contribution < -0.4 is 11.2 Å². The number of hydrogen-bond acceptors (Lipinski definition) is 6. The van der Waals surface area contributed by atoms with Gasteiger partial charge in [-0.1, -0.05) is 12.1 Å². The van der Waals surface area contributed by atoms with E-state index in [9.17, 15) is 13.2 Å². The zero-order chi connectivity index (χ0) is 18.5. The number of thiophene rings is 1. The molecule has 0 spiro atoms. The first-order valence-electron chi connectivity index (χ1n) is 7.66. The number of rotatable bonds is 2. The molecule has 26 heavy (non-hydrogen) atoms. The normalized spacial score (nSPS) is 17.1. The number of nitrogens with two attached hydrogens (primary N) is 1. The highest BCUT2D eigenvalue weighted by Gasteiger charge is 2.32. The molecule has 1 aromatic carbocycles. The van der Waals surface area contributed by atoms with E-state index in [0.29, 0.717) is 16.1 Å². The average molecular weight is 378 g/mol. The van der Waals surface area contributed by atoms with Gasteiger partial charge in [0.1, 0.15) is 9.71 Å². The van der Waals surface area contributed by atoms with Gasteiger partial charge in [0, 0.05) is 16.6 Å². The van der Waals surface area contributed by atoms with Crippen molar-refractivity contribution in [1.29, 1.82) is 0 Å². The SMILES string of the molecule is Cc1ccc2c(N)c(C3=NNC(c4cccc(C(F)(F)F)c4)O3)sc2n1. The second-order valence-corrected chi connectivity index (χ2v) is 6.82. The molecule has 2 aromatic heterocycles. The van der Waals surface area contributed by atoms with E-state index in [4.69, 9.17) is 10.5 Å². The number of ether oxygens (including phenoxy) is 1. The monoisotopic (exact) mass is 378 g/mol. The molecule has 1 aliphatic rings. The summed E-state index contributed by atoms with van der Waals surface area (Å²) in [5.74, 6) is 0.241. The Hall–Kier alpha value is -2.81. The highest BCUT2D eigenvalue weighted by Crippen LogP contribution is 2.36. The first-order chi connectivity index (χ1) is 12.3. The molecule has 3 aromatic rings. The third-order valence-electron chi connectivity index (χ3n) is 3.96. The maximum Gasteiger partial charge on any atom is 0.416 e. The maximum absolute atomic E-state index is 12.9. The number of fused-ring (bicyclic) bond motifs is 1. The smallest absolute Gasteiger partial charge is 0.416 e. The molecular formula is C17H13F3N4OS. The molecule has 5 nitrogen and oxygen atoms in total. The number of anilines is 1. The summed E-state index contributed by atoms with van der Waals surface area (Å²) >= 11 is 1.33. The molecule has 3 heterocycles. The van der Waals surface area contributed by atoms with Crippen LogP contribution >= 0.6 is 11.3 Å². The molecular weight excluding hydrogens is 365 g/mol. The van der Waals surface area contributed by atoms with Crippen LogP contribution in [0.1, 0.15) is 27.9 Å². The molecule has 1 unspecified atom stereocenters. The lowest BCUT2D eigenvalue weighted by Crippen LogP contribution is -2.14. The number of hydrogen-bond donors (Lipinski definition) is 2. The quantitative estimate of drug-likeness (QED) is 0.702. The second-order valence-electron chi connectivity index (χ2n) is 5.82. The van der Waals surface area contributed by atoms with Gasteiger partial charge in [0.2, 0.25) is 6.23 Å². The molecule has 9 heteroatoms. The molecule has 0 bridgehead atoms. The average Bonchev–Trinajstić information content (AvgIpc) is 3.19. The molecule has 0 saturated carbocycles. The van der Waals surface area contributed by atoms with Crippen LogP contribution in [0.15, 0.2) is 41.5 Å². The number of benzene rings is 1. The van der Waals surface area contributed by atoms with Crippen LogP contribution in [0.5, 0.6) is 0 Å². The van der Waals surface area contributed by atoms with Gasteiger partial charge in [0.25, 0.3) is 5.90 Å². The van der Waals surface area contributed by atoms with Crippen molar-refractivity contribution in [1.82, 2.24) is 10.4 Å². The Morgan fingerprint density at radius 1 is 1.23 bits per heavy atom. The highest BCUT2D eigenvalue weighted by molar-refractivity contribution is 7.21. The van der Waals surface area contributed by atoms with Crippen molar-refractivity contribution >= 4 is 33.1 Å². The number of nitrogens with zero attached hydrogens (tertiary/aromatic N) is 2. The second kappa shape index (κ2) is 5.87. The zero-order valence-electron chi connectivity index (χ0n) is 13.5. The van der Waals surface area contributed by atoms with E-state index in [2.05, 4.69) is 15.5 Å². The topological polar surface area (TPSA) is 72.5 Å². The van der Waals surface area contributed by atoms with Crippen molar-refractivity contribution in [3.63, 3.8) is 0 Å². The van der Waals surface area contributed by atoms with E-state index in [0.717, 1.165) is 28.0 Å². The van der Waals surface area contributed by atoms with Crippen molar-refractivity contribution < 1.29 is 17.9 Å². The molecule has 134 valence electrons.